The third-order valence-electron chi connectivity index (χ3n) is 5.53. The van der Waals surface area contributed by atoms with Crippen LogP contribution >= 0.6 is 0 Å². The highest BCUT2D eigenvalue weighted by molar-refractivity contribution is 5.78. The van der Waals surface area contributed by atoms with Crippen LogP contribution in [0.3, 0.4) is 0 Å². The number of hydrogen-bond acceptors (Lipinski definition) is 3. The molecular formula is C22H25FN2O2. The highest BCUT2D eigenvalue weighted by Crippen LogP contribution is 2.29. The Kier molecular flexibility index (Phi) is 5.28. The summed E-state index contributed by atoms with van der Waals surface area (Å²) < 4.78 is 19.8. The highest BCUT2D eigenvalue weighted by Gasteiger charge is 2.23. The van der Waals surface area contributed by atoms with Crippen molar-refractivity contribution in [2.24, 2.45) is 0 Å². The zero-order valence-electron chi connectivity index (χ0n) is 15.5. The molecule has 2 aromatic carbocycles. The monoisotopic (exact) mass is 368 g/mol. The van der Waals surface area contributed by atoms with Gasteiger partial charge in [-0.25, -0.2) is 4.39 Å². The molecule has 0 unspecified atom stereocenters. The fourth-order valence-electron chi connectivity index (χ4n) is 4.02. The fraction of sp³-hybridized carbons (Fsp3) is 0.409. The maximum absolute atomic E-state index is 13.9. The third kappa shape index (κ3) is 3.92. The lowest BCUT2D eigenvalue weighted by molar-refractivity contribution is -0.133. The van der Waals surface area contributed by atoms with E-state index in [0.29, 0.717) is 31.9 Å². The molecule has 1 heterocycles. The Morgan fingerprint density at radius 3 is 2.56 bits per heavy atom. The summed E-state index contributed by atoms with van der Waals surface area (Å²) in [6.07, 6.45) is 4.53. The predicted octanol–water partition coefficient (Wildman–Crippen LogP) is 3.43. The number of para-hydroxylation sites is 1. The predicted molar refractivity (Wildman–Crippen MR) is 104 cm³/mol. The number of anilines is 1. The number of halogens is 1. The van der Waals surface area contributed by atoms with Gasteiger partial charge in [-0.15, -0.1) is 0 Å². The van der Waals surface area contributed by atoms with E-state index in [-0.39, 0.29) is 18.3 Å². The third-order valence-corrected chi connectivity index (χ3v) is 5.53. The molecule has 27 heavy (non-hydrogen) atoms. The lowest BCUT2D eigenvalue weighted by Crippen LogP contribution is -2.50. The summed E-state index contributed by atoms with van der Waals surface area (Å²) in [4.78, 5) is 16.4. The van der Waals surface area contributed by atoms with Gasteiger partial charge in [0.1, 0.15) is 11.6 Å². The molecule has 1 aliphatic carbocycles. The van der Waals surface area contributed by atoms with Crippen LogP contribution < -0.4 is 9.64 Å². The number of fused-ring (bicyclic) bond motifs is 1. The van der Waals surface area contributed by atoms with Crippen molar-refractivity contribution in [3.05, 3.63) is 59.4 Å². The molecule has 0 atom stereocenters. The first-order valence-electron chi connectivity index (χ1n) is 9.73. The van der Waals surface area contributed by atoms with Crippen molar-refractivity contribution in [3.8, 4) is 5.75 Å². The number of aryl methyl sites for hydroxylation is 1. The van der Waals surface area contributed by atoms with Gasteiger partial charge in [0.15, 0.2) is 6.61 Å². The molecule has 4 rings (SSSR count). The van der Waals surface area contributed by atoms with Crippen LogP contribution in [-0.4, -0.2) is 43.6 Å². The van der Waals surface area contributed by atoms with Crippen LogP contribution in [0.15, 0.2) is 42.5 Å². The molecule has 142 valence electrons. The van der Waals surface area contributed by atoms with E-state index in [1.807, 2.05) is 28.0 Å². The molecule has 4 nitrogen and oxygen atoms in total. The molecular weight excluding hydrogens is 343 g/mol. The number of carbonyl (C=O) groups is 1. The maximum Gasteiger partial charge on any atom is 0.260 e. The zero-order chi connectivity index (χ0) is 18.6. The molecule has 0 N–H and O–H groups in total. The first-order valence-corrected chi connectivity index (χ1v) is 9.73. The van der Waals surface area contributed by atoms with E-state index in [9.17, 15) is 9.18 Å². The topological polar surface area (TPSA) is 32.8 Å². The molecule has 5 heteroatoms. The Labute approximate surface area is 159 Å². The minimum absolute atomic E-state index is 0.00315. The van der Waals surface area contributed by atoms with E-state index in [1.54, 1.807) is 12.1 Å². The zero-order valence-corrected chi connectivity index (χ0v) is 15.5. The van der Waals surface area contributed by atoms with Gasteiger partial charge in [-0.2, -0.15) is 0 Å². The van der Waals surface area contributed by atoms with E-state index >= 15 is 0 Å². The van der Waals surface area contributed by atoms with Gasteiger partial charge in [0.2, 0.25) is 0 Å². The normalized spacial score (nSPS) is 16.8. The number of ether oxygens (including phenoxy) is 1. The van der Waals surface area contributed by atoms with E-state index < -0.39 is 0 Å². The maximum atomic E-state index is 13.9. The number of carbonyl (C=O) groups excluding carboxylic acids is 1. The Morgan fingerprint density at radius 1 is 0.963 bits per heavy atom. The van der Waals surface area contributed by atoms with Gasteiger partial charge in [-0.05, 0) is 55.0 Å². The van der Waals surface area contributed by atoms with E-state index in [4.69, 9.17) is 4.74 Å². The summed E-state index contributed by atoms with van der Waals surface area (Å²) in [6.45, 7) is 2.50. The Morgan fingerprint density at radius 2 is 1.74 bits per heavy atom. The molecule has 2 aromatic rings. The number of hydrogen-bond donors (Lipinski definition) is 0. The van der Waals surface area contributed by atoms with Crippen molar-refractivity contribution in [2.45, 2.75) is 25.7 Å². The fourth-order valence-corrected chi connectivity index (χ4v) is 4.02. The molecule has 1 fully saturated rings. The first-order chi connectivity index (χ1) is 13.2. The second-order valence-corrected chi connectivity index (χ2v) is 7.21. The average Bonchev–Trinajstić information content (AvgIpc) is 2.72. The number of nitrogens with zero attached hydrogens (tertiary/aromatic N) is 2. The number of rotatable bonds is 4. The second-order valence-electron chi connectivity index (χ2n) is 7.21. The molecule has 0 saturated carbocycles. The molecule has 0 spiro atoms. The number of amides is 1. The molecule has 0 aromatic heterocycles. The molecule has 0 bridgehead atoms. The van der Waals surface area contributed by atoms with Gasteiger partial charge < -0.3 is 14.5 Å². The van der Waals surface area contributed by atoms with Crippen LogP contribution in [0.25, 0.3) is 0 Å². The van der Waals surface area contributed by atoms with Gasteiger partial charge in [0.25, 0.3) is 5.91 Å². The lowest BCUT2D eigenvalue weighted by atomic mass is 9.91. The van der Waals surface area contributed by atoms with Crippen molar-refractivity contribution < 1.29 is 13.9 Å². The molecule has 1 aliphatic heterocycles. The van der Waals surface area contributed by atoms with Crippen LogP contribution in [0, 0.1) is 5.82 Å². The van der Waals surface area contributed by atoms with E-state index in [2.05, 4.69) is 6.07 Å². The van der Waals surface area contributed by atoms with Gasteiger partial charge >= 0.3 is 0 Å². The quantitative estimate of drug-likeness (QED) is 0.829. The number of benzene rings is 2. The van der Waals surface area contributed by atoms with E-state index in [1.165, 1.54) is 30.0 Å². The summed E-state index contributed by atoms with van der Waals surface area (Å²) in [5, 5.41) is 0. The highest BCUT2D eigenvalue weighted by atomic mass is 19.1. The van der Waals surface area contributed by atoms with Crippen molar-refractivity contribution in [1.82, 2.24) is 4.90 Å². The van der Waals surface area contributed by atoms with Crippen molar-refractivity contribution in [2.75, 3.05) is 37.7 Å². The van der Waals surface area contributed by atoms with Crippen LogP contribution in [-0.2, 0) is 17.6 Å². The van der Waals surface area contributed by atoms with Crippen molar-refractivity contribution in [1.29, 1.82) is 0 Å². The first kappa shape index (κ1) is 17.8. The summed E-state index contributed by atoms with van der Waals surface area (Å²) in [7, 11) is 0. The summed E-state index contributed by atoms with van der Waals surface area (Å²) in [5.74, 6) is 0.636. The van der Waals surface area contributed by atoms with Crippen molar-refractivity contribution >= 4 is 11.6 Å². The Bertz CT molecular complexity index is 816. The van der Waals surface area contributed by atoms with E-state index in [0.717, 1.165) is 18.6 Å². The smallest absolute Gasteiger partial charge is 0.260 e. The summed E-state index contributed by atoms with van der Waals surface area (Å²) >= 11 is 0. The molecule has 0 radical (unpaired) electrons. The van der Waals surface area contributed by atoms with Gasteiger partial charge in [0.05, 0.1) is 5.69 Å². The summed E-state index contributed by atoms with van der Waals surface area (Å²) in [5.41, 5.74) is 3.22. The Balaban J connectivity index is 1.32. The number of piperazine rings is 1. The lowest BCUT2D eigenvalue weighted by Gasteiger charge is -2.36. The minimum atomic E-state index is -0.213. The molecule has 1 saturated heterocycles. The second kappa shape index (κ2) is 7.99. The standard InChI is InChI=1S/C22H25FN2O2/c23-19-9-3-4-10-20(19)24-12-14-25(15-13-24)22(26)16-27-21-11-5-7-17-6-1-2-8-18(17)21/h3-5,7,9-11H,1-2,6,8,12-16H2. The van der Waals surface area contributed by atoms with Gasteiger partial charge in [0, 0.05) is 26.2 Å². The van der Waals surface area contributed by atoms with Crippen LogP contribution in [0.4, 0.5) is 10.1 Å². The molecule has 1 amide bonds. The van der Waals surface area contributed by atoms with Gasteiger partial charge in [-0.3, -0.25) is 4.79 Å². The van der Waals surface area contributed by atoms with Gasteiger partial charge in [-0.1, -0.05) is 24.3 Å². The van der Waals surface area contributed by atoms with Crippen LogP contribution in [0.5, 0.6) is 5.75 Å². The summed E-state index contributed by atoms with van der Waals surface area (Å²) in [6, 6.07) is 12.9. The minimum Gasteiger partial charge on any atom is -0.483 e. The van der Waals surface area contributed by atoms with Crippen molar-refractivity contribution in [3.63, 3.8) is 0 Å². The Hall–Kier alpha value is -2.56. The SMILES string of the molecule is O=C(COc1cccc2c1CCCC2)N1CCN(c2ccccc2F)CC1. The van der Waals surface area contributed by atoms with Crippen LogP contribution in [0.1, 0.15) is 24.0 Å². The van der Waals surface area contributed by atoms with Crippen LogP contribution in [0.2, 0.25) is 0 Å². The average molecular weight is 368 g/mol. The largest absolute Gasteiger partial charge is 0.483 e. The molecule has 2 aliphatic rings.